The van der Waals surface area contributed by atoms with Crippen molar-refractivity contribution in [3.8, 4) is 16.3 Å². The van der Waals surface area contributed by atoms with Gasteiger partial charge in [-0.15, -0.1) is 11.3 Å². The number of thiazole rings is 1. The van der Waals surface area contributed by atoms with Crippen molar-refractivity contribution in [1.29, 1.82) is 0 Å². The highest BCUT2D eigenvalue weighted by molar-refractivity contribution is 7.13. The third kappa shape index (κ3) is 3.89. The van der Waals surface area contributed by atoms with Crippen molar-refractivity contribution in [2.45, 2.75) is 13.0 Å². The zero-order valence-corrected chi connectivity index (χ0v) is 16.2. The maximum Gasteiger partial charge on any atom is 0.310 e. The molecule has 0 fully saturated rings. The Labute approximate surface area is 167 Å². The first-order valence-corrected chi connectivity index (χ1v) is 9.82. The Balaban J connectivity index is 1.42. The molecule has 0 amide bonds. The van der Waals surface area contributed by atoms with Crippen LogP contribution in [0, 0.1) is 0 Å². The van der Waals surface area contributed by atoms with Gasteiger partial charge in [0, 0.05) is 5.38 Å². The SMILES string of the molecule is COc1ccccc1-c1nc(COC(=O)Cc2cccc3ccccc23)cs1. The molecule has 0 radical (unpaired) electrons. The number of hydrogen-bond donors (Lipinski definition) is 0. The molecule has 28 heavy (non-hydrogen) atoms. The van der Waals surface area contributed by atoms with Crippen LogP contribution >= 0.6 is 11.3 Å². The topological polar surface area (TPSA) is 48.4 Å². The van der Waals surface area contributed by atoms with Gasteiger partial charge in [0.15, 0.2) is 0 Å². The van der Waals surface area contributed by atoms with Crippen molar-refractivity contribution in [1.82, 2.24) is 4.98 Å². The Hall–Kier alpha value is -3.18. The number of benzene rings is 3. The molecule has 4 aromatic rings. The normalized spacial score (nSPS) is 10.8. The minimum Gasteiger partial charge on any atom is -0.496 e. The molecule has 5 heteroatoms. The van der Waals surface area contributed by atoms with Crippen molar-refractivity contribution in [2.75, 3.05) is 7.11 Å². The van der Waals surface area contributed by atoms with Gasteiger partial charge in [0.25, 0.3) is 0 Å². The van der Waals surface area contributed by atoms with Gasteiger partial charge in [-0.3, -0.25) is 4.79 Å². The lowest BCUT2D eigenvalue weighted by Crippen LogP contribution is -2.08. The summed E-state index contributed by atoms with van der Waals surface area (Å²) in [5.74, 6) is 0.513. The summed E-state index contributed by atoms with van der Waals surface area (Å²) in [6.07, 6.45) is 0.241. The average molecular weight is 389 g/mol. The van der Waals surface area contributed by atoms with Gasteiger partial charge in [0.1, 0.15) is 17.4 Å². The molecule has 3 aromatic carbocycles. The van der Waals surface area contributed by atoms with Gasteiger partial charge in [-0.25, -0.2) is 4.98 Å². The number of aromatic nitrogens is 1. The third-order valence-corrected chi connectivity index (χ3v) is 5.41. The molecule has 0 aliphatic rings. The van der Waals surface area contributed by atoms with E-state index in [0.717, 1.165) is 38.4 Å². The van der Waals surface area contributed by atoms with Gasteiger partial charge < -0.3 is 9.47 Å². The first-order valence-electron chi connectivity index (χ1n) is 8.94. The summed E-state index contributed by atoms with van der Waals surface area (Å²) in [5, 5.41) is 4.95. The van der Waals surface area contributed by atoms with Crippen LogP contribution in [-0.4, -0.2) is 18.1 Å². The number of ether oxygens (including phenoxy) is 2. The summed E-state index contributed by atoms with van der Waals surface area (Å²) in [7, 11) is 1.64. The maximum absolute atomic E-state index is 12.3. The van der Waals surface area contributed by atoms with Gasteiger partial charge in [0.2, 0.25) is 0 Å². The van der Waals surface area contributed by atoms with Gasteiger partial charge >= 0.3 is 5.97 Å². The average Bonchev–Trinajstić information content (AvgIpc) is 3.21. The molecule has 0 saturated carbocycles. The summed E-state index contributed by atoms with van der Waals surface area (Å²) < 4.78 is 10.9. The van der Waals surface area contributed by atoms with Crippen LogP contribution in [0.15, 0.2) is 72.1 Å². The number of carbonyl (C=O) groups is 1. The van der Waals surface area contributed by atoms with E-state index >= 15 is 0 Å². The largest absolute Gasteiger partial charge is 0.496 e. The lowest BCUT2D eigenvalue weighted by molar-refractivity contribution is -0.144. The van der Waals surface area contributed by atoms with Crippen LogP contribution in [-0.2, 0) is 22.6 Å². The van der Waals surface area contributed by atoms with E-state index in [1.807, 2.05) is 72.1 Å². The fraction of sp³-hybridized carbons (Fsp3) is 0.130. The fourth-order valence-electron chi connectivity index (χ4n) is 3.13. The summed E-state index contributed by atoms with van der Waals surface area (Å²) in [6, 6.07) is 21.7. The molecule has 0 bridgehead atoms. The van der Waals surface area contributed by atoms with Crippen LogP contribution in [0.1, 0.15) is 11.3 Å². The summed E-state index contributed by atoms with van der Waals surface area (Å²) in [5.41, 5.74) is 2.64. The molecule has 4 nitrogen and oxygen atoms in total. The number of carbonyl (C=O) groups excluding carboxylic acids is 1. The van der Waals surface area contributed by atoms with Gasteiger partial charge in [-0.05, 0) is 28.5 Å². The second kappa shape index (κ2) is 8.23. The van der Waals surface area contributed by atoms with Crippen molar-refractivity contribution in [3.63, 3.8) is 0 Å². The third-order valence-electron chi connectivity index (χ3n) is 4.48. The van der Waals surface area contributed by atoms with Crippen LogP contribution in [0.5, 0.6) is 5.75 Å². The number of esters is 1. The van der Waals surface area contributed by atoms with E-state index in [1.54, 1.807) is 7.11 Å². The Morgan fingerprint density at radius 1 is 1.00 bits per heavy atom. The van der Waals surface area contributed by atoms with Crippen molar-refractivity contribution < 1.29 is 14.3 Å². The van der Waals surface area contributed by atoms with Gasteiger partial charge in [-0.1, -0.05) is 54.6 Å². The van der Waals surface area contributed by atoms with Crippen LogP contribution in [0.3, 0.4) is 0 Å². The van der Waals surface area contributed by atoms with E-state index < -0.39 is 0 Å². The lowest BCUT2D eigenvalue weighted by Gasteiger charge is -2.07. The number of nitrogens with zero attached hydrogens (tertiary/aromatic N) is 1. The van der Waals surface area contributed by atoms with Crippen LogP contribution < -0.4 is 4.74 Å². The molecule has 0 atom stereocenters. The second-order valence-corrected chi connectivity index (χ2v) is 7.18. The molecule has 4 rings (SSSR count). The van der Waals surface area contributed by atoms with Crippen LogP contribution in [0.25, 0.3) is 21.3 Å². The molecule has 0 N–H and O–H groups in total. The molecular weight excluding hydrogens is 370 g/mol. The summed E-state index contributed by atoms with van der Waals surface area (Å²) >= 11 is 1.51. The molecule has 1 heterocycles. The standard InChI is InChI=1S/C23H19NO3S/c1-26-21-12-5-4-11-20(21)23-24-18(15-28-23)14-27-22(25)13-17-9-6-8-16-7-2-3-10-19(16)17/h2-12,15H,13-14H2,1H3. The number of fused-ring (bicyclic) bond motifs is 1. The lowest BCUT2D eigenvalue weighted by atomic mass is 10.0. The van der Waals surface area contributed by atoms with E-state index in [1.165, 1.54) is 11.3 Å². The van der Waals surface area contributed by atoms with Crippen molar-refractivity contribution in [3.05, 3.63) is 83.4 Å². The molecule has 0 aliphatic heterocycles. The monoisotopic (exact) mass is 389 g/mol. The molecule has 0 unspecified atom stereocenters. The Morgan fingerprint density at radius 2 is 1.79 bits per heavy atom. The first-order chi connectivity index (χ1) is 13.7. The second-order valence-electron chi connectivity index (χ2n) is 6.32. The minimum atomic E-state index is -0.261. The molecule has 0 aliphatic carbocycles. The molecule has 0 spiro atoms. The molecule has 140 valence electrons. The smallest absolute Gasteiger partial charge is 0.310 e. The van der Waals surface area contributed by atoms with Crippen molar-refractivity contribution in [2.24, 2.45) is 0 Å². The van der Waals surface area contributed by atoms with E-state index in [0.29, 0.717) is 0 Å². The zero-order chi connectivity index (χ0) is 19.3. The number of hydrogen-bond acceptors (Lipinski definition) is 5. The van der Waals surface area contributed by atoms with Gasteiger partial charge in [0.05, 0.1) is 24.8 Å². The Kier molecular flexibility index (Phi) is 5.35. The number of rotatable bonds is 6. The molecule has 1 aromatic heterocycles. The predicted molar refractivity (Wildman–Crippen MR) is 112 cm³/mol. The van der Waals surface area contributed by atoms with Crippen LogP contribution in [0.4, 0.5) is 0 Å². The number of para-hydroxylation sites is 1. The first kappa shape index (κ1) is 18.2. The fourth-order valence-corrected chi connectivity index (χ4v) is 3.96. The highest BCUT2D eigenvalue weighted by Crippen LogP contribution is 2.32. The summed E-state index contributed by atoms with van der Waals surface area (Å²) in [4.78, 5) is 16.9. The zero-order valence-electron chi connectivity index (χ0n) is 15.4. The van der Waals surface area contributed by atoms with Crippen LogP contribution in [0.2, 0.25) is 0 Å². The quantitative estimate of drug-likeness (QED) is 0.422. The highest BCUT2D eigenvalue weighted by atomic mass is 32.1. The Morgan fingerprint density at radius 3 is 2.68 bits per heavy atom. The highest BCUT2D eigenvalue weighted by Gasteiger charge is 2.12. The van der Waals surface area contributed by atoms with E-state index in [2.05, 4.69) is 4.98 Å². The minimum absolute atomic E-state index is 0.162. The molecule has 0 saturated heterocycles. The predicted octanol–water partition coefficient (Wildman–Crippen LogP) is 5.26. The van der Waals surface area contributed by atoms with Crippen molar-refractivity contribution >= 4 is 28.1 Å². The van der Waals surface area contributed by atoms with E-state index in [9.17, 15) is 4.79 Å². The maximum atomic E-state index is 12.3. The summed E-state index contributed by atoms with van der Waals surface area (Å²) in [6.45, 7) is 0.162. The molecular formula is C23H19NO3S. The number of methoxy groups -OCH3 is 1. The Bertz CT molecular complexity index is 1110. The van der Waals surface area contributed by atoms with Gasteiger partial charge in [-0.2, -0.15) is 0 Å². The van der Waals surface area contributed by atoms with E-state index in [4.69, 9.17) is 9.47 Å². The van der Waals surface area contributed by atoms with E-state index in [-0.39, 0.29) is 19.0 Å².